The molecule has 0 saturated heterocycles. The fourth-order valence-corrected chi connectivity index (χ4v) is 2.98. The number of carbonyl (C=O) groups is 1. The van der Waals surface area contributed by atoms with Gasteiger partial charge in [-0.2, -0.15) is 30.9 Å². The van der Waals surface area contributed by atoms with Crippen LogP contribution in [0.15, 0.2) is 30.6 Å². The molecule has 2 rings (SSSR count). The number of halogens is 7. The monoisotopic (exact) mass is 446 g/mol. The highest BCUT2D eigenvalue weighted by atomic mass is 35.5. The summed E-state index contributed by atoms with van der Waals surface area (Å²) in [6.45, 7) is -0.151. The summed E-state index contributed by atoms with van der Waals surface area (Å²) in [6, 6.07) is 1.69. The van der Waals surface area contributed by atoms with Gasteiger partial charge in [0.1, 0.15) is 12.1 Å². The Labute approximate surface area is 163 Å². The molecule has 2 aromatic heterocycles. The Hall–Kier alpha value is -2.34. The second-order valence-electron chi connectivity index (χ2n) is 5.12. The van der Waals surface area contributed by atoms with Crippen LogP contribution in [0.5, 0.6) is 0 Å². The number of hydrogen-bond donors (Lipinski definition) is 1. The van der Waals surface area contributed by atoms with Crippen molar-refractivity contribution in [2.45, 2.75) is 18.9 Å². The number of alkyl halides is 6. The van der Waals surface area contributed by atoms with Gasteiger partial charge in [0, 0.05) is 6.20 Å². The Morgan fingerprint density at radius 2 is 2.04 bits per heavy atom. The fraction of sp³-hybridized carbons (Fsp3) is 0.267. The number of carbonyl (C=O) groups excluding carboxylic acids is 1. The van der Waals surface area contributed by atoms with Crippen molar-refractivity contribution in [3.63, 3.8) is 0 Å². The van der Waals surface area contributed by atoms with E-state index in [2.05, 4.69) is 10.3 Å². The molecule has 0 aromatic carbocycles. The van der Waals surface area contributed by atoms with Crippen LogP contribution in [0.2, 0.25) is 4.47 Å². The molecular weight excluding hydrogens is 436 g/mol. The van der Waals surface area contributed by atoms with Crippen molar-refractivity contribution in [3.05, 3.63) is 45.5 Å². The van der Waals surface area contributed by atoms with Crippen LogP contribution in [-0.4, -0.2) is 24.1 Å². The summed E-state index contributed by atoms with van der Waals surface area (Å²) < 4.78 is 83.3. The zero-order valence-corrected chi connectivity index (χ0v) is 15.4. The Kier molecular flexibility index (Phi) is 6.55. The van der Waals surface area contributed by atoms with Gasteiger partial charge in [0.15, 0.2) is 4.47 Å². The zero-order valence-electron chi connectivity index (χ0n) is 13.9. The molecule has 0 aliphatic heterocycles. The first-order valence-corrected chi connectivity index (χ1v) is 8.46. The third-order valence-electron chi connectivity index (χ3n) is 3.24. The van der Waals surface area contributed by atoms with Crippen molar-refractivity contribution >= 4 is 40.4 Å². The quantitative estimate of drug-likeness (QED) is 0.311. The Balaban J connectivity index is 2.53. The predicted molar refractivity (Wildman–Crippen MR) is 88.4 cm³/mol. The highest BCUT2D eigenvalue weighted by molar-refractivity contribution is 7.15. The zero-order chi connectivity index (χ0) is 21.1. The van der Waals surface area contributed by atoms with Crippen LogP contribution in [0.25, 0.3) is 5.88 Å². The summed E-state index contributed by atoms with van der Waals surface area (Å²) in [5, 5.41) is 2.49. The minimum atomic E-state index is -5.21. The number of hydrogen-bond acceptors (Lipinski definition) is 5. The van der Waals surface area contributed by atoms with Crippen molar-refractivity contribution in [3.8, 4) is 0 Å². The van der Waals surface area contributed by atoms with Gasteiger partial charge in [0.25, 0.3) is 17.5 Å². The molecule has 2 heterocycles. The largest absolute Gasteiger partial charge is 0.465 e. The molecule has 0 radical (unpaired) electrons. The van der Waals surface area contributed by atoms with E-state index in [1.54, 1.807) is 0 Å². The number of rotatable bonds is 6. The van der Waals surface area contributed by atoms with Gasteiger partial charge in [0.2, 0.25) is 0 Å². The van der Waals surface area contributed by atoms with Gasteiger partial charge < -0.3 is 4.74 Å². The molecule has 0 amide bonds. The molecule has 13 heteroatoms. The van der Waals surface area contributed by atoms with E-state index >= 15 is 0 Å². The molecule has 1 N–H and O–H groups in total. The molecule has 0 bridgehead atoms. The van der Waals surface area contributed by atoms with E-state index in [1.807, 2.05) is 0 Å². The molecular formula is C15H11ClF6N3O2S+. The number of ether oxygens (including phenoxy) is 1. The summed E-state index contributed by atoms with van der Waals surface area (Å²) in [7, 11) is 0.926. The number of nitrogens with zero attached hydrogens (tertiary/aromatic N) is 2. The average molecular weight is 447 g/mol. The number of methoxy groups -OCH3 is 1. The highest BCUT2D eigenvalue weighted by Crippen LogP contribution is 2.34. The highest BCUT2D eigenvalue weighted by Gasteiger charge is 2.41. The summed E-state index contributed by atoms with van der Waals surface area (Å²) >= 11 is 6.68. The van der Waals surface area contributed by atoms with E-state index in [1.165, 1.54) is 6.20 Å². The second-order valence-corrected chi connectivity index (χ2v) is 6.82. The molecule has 152 valence electrons. The number of anilines is 1. The molecule has 0 spiro atoms. The third kappa shape index (κ3) is 5.35. The summed E-state index contributed by atoms with van der Waals surface area (Å²) in [5.41, 5.74) is -1.17. The van der Waals surface area contributed by atoms with Gasteiger partial charge in [-0.1, -0.05) is 11.6 Å². The van der Waals surface area contributed by atoms with E-state index in [0.717, 1.165) is 36.8 Å². The Morgan fingerprint density at radius 3 is 2.54 bits per heavy atom. The van der Waals surface area contributed by atoms with Crippen molar-refractivity contribution in [2.75, 3.05) is 12.4 Å². The van der Waals surface area contributed by atoms with E-state index in [0.29, 0.717) is 9.44 Å². The SMILES string of the molecule is CO/C(=C\C(=O)C(F)(F)F)[n+]1cccc(C(F)(F)F)c1NCc1cnc(Cl)s1. The van der Waals surface area contributed by atoms with Gasteiger partial charge in [0.05, 0.1) is 24.3 Å². The maximum absolute atomic E-state index is 13.4. The normalized spacial score (nSPS) is 12.8. The molecule has 5 nitrogen and oxygen atoms in total. The first-order valence-electron chi connectivity index (χ1n) is 7.26. The van der Waals surface area contributed by atoms with E-state index in [9.17, 15) is 31.1 Å². The minimum Gasteiger partial charge on any atom is -0.465 e. The van der Waals surface area contributed by atoms with Gasteiger partial charge in [-0.3, -0.25) is 10.1 Å². The van der Waals surface area contributed by atoms with E-state index in [4.69, 9.17) is 16.3 Å². The standard InChI is InChI=1S/C15H10ClF6N3O2S/c1-27-11(5-10(26)15(20,21)22)25-4-2-3-9(14(17,18)19)12(25)23-6-8-7-24-13(16)28-8/h2-5,7H,6H2,1H3/p+1/b11-5-. The maximum Gasteiger partial charge on any atom is 0.454 e. The van der Waals surface area contributed by atoms with Crippen LogP contribution in [0.4, 0.5) is 32.2 Å². The summed E-state index contributed by atoms with van der Waals surface area (Å²) in [6.07, 6.45) is -7.62. The first-order chi connectivity index (χ1) is 12.9. The molecule has 0 unspecified atom stereocenters. The van der Waals surface area contributed by atoms with Crippen LogP contribution in [0, 0.1) is 0 Å². The van der Waals surface area contributed by atoms with Crippen molar-refractivity contribution in [2.24, 2.45) is 0 Å². The van der Waals surface area contributed by atoms with Crippen LogP contribution in [-0.2, 0) is 22.3 Å². The number of aromatic nitrogens is 2. The second kappa shape index (κ2) is 8.35. The molecule has 0 aliphatic carbocycles. The van der Waals surface area contributed by atoms with Gasteiger partial charge in [-0.05, 0) is 12.1 Å². The molecule has 28 heavy (non-hydrogen) atoms. The van der Waals surface area contributed by atoms with E-state index in [-0.39, 0.29) is 17.1 Å². The number of allylic oxidation sites excluding steroid dienone is 1. The fourth-order valence-electron chi connectivity index (χ4n) is 2.06. The third-order valence-corrected chi connectivity index (χ3v) is 4.35. The van der Waals surface area contributed by atoms with Crippen LogP contribution < -0.4 is 9.88 Å². The van der Waals surface area contributed by atoms with Crippen molar-refractivity contribution in [1.82, 2.24) is 4.98 Å². The molecule has 0 saturated carbocycles. The number of ketones is 1. The molecule has 0 fully saturated rings. The lowest BCUT2D eigenvalue weighted by Crippen LogP contribution is -2.39. The van der Waals surface area contributed by atoms with Crippen molar-refractivity contribution < 1.29 is 40.4 Å². The molecule has 0 atom stereocenters. The predicted octanol–water partition coefficient (Wildman–Crippen LogP) is 4.29. The minimum absolute atomic E-state index is 0.0644. The van der Waals surface area contributed by atoms with Crippen molar-refractivity contribution in [1.29, 1.82) is 0 Å². The summed E-state index contributed by atoms with van der Waals surface area (Å²) in [4.78, 5) is 15.4. The van der Waals surface area contributed by atoms with Gasteiger partial charge in [-0.15, -0.1) is 11.3 Å². The maximum atomic E-state index is 13.4. The van der Waals surface area contributed by atoms with Crippen LogP contribution in [0.3, 0.4) is 0 Å². The first kappa shape index (κ1) is 22.0. The average Bonchev–Trinajstić information content (AvgIpc) is 3.01. The number of pyridine rings is 1. The molecule has 0 aliphatic rings. The van der Waals surface area contributed by atoms with E-state index < -0.39 is 35.4 Å². The lowest BCUT2D eigenvalue weighted by atomic mass is 10.2. The van der Waals surface area contributed by atoms with Gasteiger partial charge in [-0.25, -0.2) is 4.98 Å². The molecule has 2 aromatic rings. The smallest absolute Gasteiger partial charge is 0.454 e. The lowest BCUT2D eigenvalue weighted by Gasteiger charge is -2.14. The Morgan fingerprint density at radius 1 is 1.36 bits per heavy atom. The van der Waals surface area contributed by atoms with Crippen LogP contribution in [0.1, 0.15) is 10.4 Å². The lowest BCUT2D eigenvalue weighted by molar-refractivity contribution is -0.587. The summed E-state index contributed by atoms with van der Waals surface area (Å²) in [5.74, 6) is -3.66. The topological polar surface area (TPSA) is 55.1 Å². The Bertz CT molecular complexity index is 895. The van der Waals surface area contributed by atoms with Gasteiger partial charge >= 0.3 is 12.4 Å². The number of thiazole rings is 1. The van der Waals surface area contributed by atoms with Crippen LogP contribution >= 0.6 is 22.9 Å². The number of nitrogens with one attached hydrogen (secondary N) is 1.